The van der Waals surface area contributed by atoms with E-state index in [9.17, 15) is 18.0 Å². The molecule has 1 aliphatic rings. The fourth-order valence-electron chi connectivity index (χ4n) is 1.76. The van der Waals surface area contributed by atoms with Crippen molar-refractivity contribution < 1.29 is 18.0 Å². The maximum Gasteiger partial charge on any atom is 0.416 e. The summed E-state index contributed by atoms with van der Waals surface area (Å²) in [6.45, 7) is -0.0856. The summed E-state index contributed by atoms with van der Waals surface area (Å²) < 4.78 is 37.6. The van der Waals surface area contributed by atoms with Crippen molar-refractivity contribution in [1.82, 2.24) is 0 Å². The Balaban J connectivity index is 2.44. The van der Waals surface area contributed by atoms with E-state index < -0.39 is 17.6 Å². The molecule has 0 saturated heterocycles. The van der Waals surface area contributed by atoms with Crippen molar-refractivity contribution in [1.29, 1.82) is 5.26 Å². The van der Waals surface area contributed by atoms with E-state index in [0.29, 0.717) is 5.69 Å². The molecule has 1 aliphatic heterocycles. The van der Waals surface area contributed by atoms with Gasteiger partial charge in [0.1, 0.15) is 6.54 Å². The zero-order valence-electron chi connectivity index (χ0n) is 9.08. The molecule has 1 aromatic carbocycles. The number of rotatable bonds is 1. The Morgan fingerprint density at radius 3 is 2.78 bits per heavy atom. The number of carbonyl (C=O) groups is 1. The minimum Gasteiger partial charge on any atom is -0.347 e. The van der Waals surface area contributed by atoms with Gasteiger partial charge in [0.05, 0.1) is 29.6 Å². The van der Waals surface area contributed by atoms with Crippen LogP contribution in [-0.2, 0) is 11.0 Å². The quantitative estimate of drug-likeness (QED) is 0.781. The molecule has 0 fully saturated rings. The average molecular weight is 255 g/mol. The number of alkyl halides is 3. The minimum absolute atomic E-state index is 0.0358. The molecule has 4 nitrogen and oxygen atoms in total. The third-order valence-electron chi connectivity index (χ3n) is 2.53. The van der Waals surface area contributed by atoms with Crippen molar-refractivity contribution in [3.63, 3.8) is 0 Å². The molecule has 2 rings (SSSR count). The first-order valence-electron chi connectivity index (χ1n) is 5.05. The second-order valence-corrected chi connectivity index (χ2v) is 3.79. The van der Waals surface area contributed by atoms with Crippen molar-refractivity contribution in [3.05, 3.63) is 23.8 Å². The molecule has 0 bridgehead atoms. The fraction of sp³-hybridized carbons (Fsp3) is 0.273. The Bertz CT molecular complexity index is 533. The minimum atomic E-state index is -4.46. The number of carbonyl (C=O) groups excluding carboxylic acids is 1. The van der Waals surface area contributed by atoms with Crippen LogP contribution in [0.3, 0.4) is 0 Å². The smallest absolute Gasteiger partial charge is 0.347 e. The molecule has 0 unspecified atom stereocenters. The number of nitrogens with zero attached hydrogens (tertiary/aromatic N) is 2. The molecule has 18 heavy (non-hydrogen) atoms. The van der Waals surface area contributed by atoms with Gasteiger partial charge in [-0.15, -0.1) is 0 Å². The highest BCUT2D eigenvalue weighted by atomic mass is 19.4. The molecule has 7 heteroatoms. The van der Waals surface area contributed by atoms with Crippen molar-refractivity contribution in [2.24, 2.45) is 0 Å². The van der Waals surface area contributed by atoms with E-state index >= 15 is 0 Å². The number of hydrogen-bond acceptors (Lipinski definition) is 3. The van der Waals surface area contributed by atoms with E-state index in [-0.39, 0.29) is 18.8 Å². The Labute approximate surface area is 101 Å². The SMILES string of the molecule is N#CCN1CC(=O)Nc2cc(C(F)(F)F)ccc21. The van der Waals surface area contributed by atoms with Crippen LogP contribution in [0.1, 0.15) is 5.56 Å². The summed E-state index contributed by atoms with van der Waals surface area (Å²) in [6, 6.07) is 4.93. The summed E-state index contributed by atoms with van der Waals surface area (Å²) in [4.78, 5) is 12.8. The van der Waals surface area contributed by atoms with Crippen LogP contribution in [0.15, 0.2) is 18.2 Å². The van der Waals surface area contributed by atoms with Gasteiger partial charge < -0.3 is 10.2 Å². The summed E-state index contributed by atoms with van der Waals surface area (Å²) in [6.07, 6.45) is -4.46. The van der Waals surface area contributed by atoms with E-state index in [4.69, 9.17) is 5.26 Å². The molecule has 0 radical (unpaired) electrons. The lowest BCUT2D eigenvalue weighted by atomic mass is 10.1. The van der Waals surface area contributed by atoms with Gasteiger partial charge in [-0.2, -0.15) is 18.4 Å². The van der Waals surface area contributed by atoms with Crippen LogP contribution in [-0.4, -0.2) is 19.0 Å². The molecule has 1 aromatic rings. The highest BCUT2D eigenvalue weighted by Crippen LogP contribution is 2.36. The van der Waals surface area contributed by atoms with Gasteiger partial charge >= 0.3 is 6.18 Å². The summed E-state index contributed by atoms with van der Waals surface area (Å²) in [5.74, 6) is -0.433. The first kappa shape index (κ1) is 12.2. The number of amides is 1. The Morgan fingerprint density at radius 2 is 2.17 bits per heavy atom. The van der Waals surface area contributed by atoms with Gasteiger partial charge in [-0.1, -0.05) is 0 Å². The third kappa shape index (κ3) is 2.22. The van der Waals surface area contributed by atoms with Gasteiger partial charge in [0.15, 0.2) is 0 Å². The van der Waals surface area contributed by atoms with Gasteiger partial charge in [-0.3, -0.25) is 4.79 Å². The normalized spacial score (nSPS) is 14.8. The van der Waals surface area contributed by atoms with Crippen molar-refractivity contribution >= 4 is 17.3 Å². The van der Waals surface area contributed by atoms with Crippen molar-refractivity contribution in [2.75, 3.05) is 23.3 Å². The number of halogens is 3. The Hall–Kier alpha value is -2.23. The number of benzene rings is 1. The number of anilines is 2. The Kier molecular flexibility index (Phi) is 2.87. The zero-order valence-corrected chi connectivity index (χ0v) is 9.08. The van der Waals surface area contributed by atoms with Crippen LogP contribution in [0.2, 0.25) is 0 Å². The highest BCUT2D eigenvalue weighted by Gasteiger charge is 2.32. The van der Waals surface area contributed by atoms with Gasteiger partial charge in [0.2, 0.25) is 5.91 Å². The van der Waals surface area contributed by atoms with Crippen LogP contribution < -0.4 is 10.2 Å². The number of nitriles is 1. The topological polar surface area (TPSA) is 56.1 Å². The molecule has 1 heterocycles. The lowest BCUT2D eigenvalue weighted by Crippen LogP contribution is -2.38. The van der Waals surface area contributed by atoms with Gasteiger partial charge in [0.25, 0.3) is 0 Å². The summed E-state index contributed by atoms with van der Waals surface area (Å²) in [7, 11) is 0. The van der Waals surface area contributed by atoms with Crippen LogP contribution in [0.5, 0.6) is 0 Å². The lowest BCUT2D eigenvalue weighted by molar-refractivity contribution is -0.137. The number of fused-ring (bicyclic) bond motifs is 1. The fourth-order valence-corrected chi connectivity index (χ4v) is 1.76. The second kappa shape index (κ2) is 4.22. The van der Waals surface area contributed by atoms with E-state index in [0.717, 1.165) is 12.1 Å². The zero-order chi connectivity index (χ0) is 13.3. The van der Waals surface area contributed by atoms with Crippen molar-refractivity contribution in [2.45, 2.75) is 6.18 Å². The standard InChI is InChI=1S/C11H8F3N3O/c12-11(13,14)7-1-2-9-8(5-7)16-10(18)6-17(9)4-3-15/h1-2,5H,4,6H2,(H,16,18). The van der Waals surface area contributed by atoms with E-state index in [1.807, 2.05) is 6.07 Å². The van der Waals surface area contributed by atoms with Crippen molar-refractivity contribution in [3.8, 4) is 6.07 Å². The van der Waals surface area contributed by atoms with E-state index in [1.165, 1.54) is 11.0 Å². The predicted octanol–water partition coefficient (Wildman–Crippen LogP) is 1.99. The summed E-state index contributed by atoms with van der Waals surface area (Å²) in [5.41, 5.74) is -0.333. The lowest BCUT2D eigenvalue weighted by Gasteiger charge is -2.29. The summed E-state index contributed by atoms with van der Waals surface area (Å²) in [5, 5.41) is 11.0. The van der Waals surface area contributed by atoms with E-state index in [1.54, 1.807) is 0 Å². The summed E-state index contributed by atoms with van der Waals surface area (Å²) >= 11 is 0. The number of nitrogens with one attached hydrogen (secondary N) is 1. The molecule has 0 atom stereocenters. The molecule has 0 aromatic heterocycles. The van der Waals surface area contributed by atoms with Crippen LogP contribution in [0.4, 0.5) is 24.5 Å². The first-order valence-corrected chi connectivity index (χ1v) is 5.05. The van der Waals surface area contributed by atoms with Gasteiger partial charge in [0, 0.05) is 0 Å². The molecular formula is C11H8F3N3O. The largest absolute Gasteiger partial charge is 0.416 e. The second-order valence-electron chi connectivity index (χ2n) is 3.79. The third-order valence-corrected chi connectivity index (χ3v) is 2.53. The first-order chi connectivity index (χ1) is 8.41. The average Bonchev–Trinajstić information content (AvgIpc) is 2.27. The van der Waals surface area contributed by atoms with Crippen LogP contribution in [0, 0.1) is 11.3 Å². The molecule has 94 valence electrons. The maximum atomic E-state index is 12.5. The molecule has 1 N–H and O–H groups in total. The van der Waals surface area contributed by atoms with Gasteiger partial charge in [-0.05, 0) is 18.2 Å². The van der Waals surface area contributed by atoms with E-state index in [2.05, 4.69) is 5.32 Å². The maximum absolute atomic E-state index is 12.5. The molecule has 1 amide bonds. The monoisotopic (exact) mass is 255 g/mol. The molecule has 0 spiro atoms. The molecule has 0 saturated carbocycles. The number of hydrogen-bond donors (Lipinski definition) is 1. The van der Waals surface area contributed by atoms with Gasteiger partial charge in [-0.25, -0.2) is 0 Å². The highest BCUT2D eigenvalue weighted by molar-refractivity contribution is 6.01. The molecular weight excluding hydrogens is 247 g/mol. The van der Waals surface area contributed by atoms with Crippen LogP contribution in [0.25, 0.3) is 0 Å². The Morgan fingerprint density at radius 1 is 1.44 bits per heavy atom. The molecule has 0 aliphatic carbocycles. The van der Waals surface area contributed by atoms with Crippen LogP contribution >= 0.6 is 0 Å². The predicted molar refractivity (Wildman–Crippen MR) is 57.9 cm³/mol.